The number of carbonyl (C=O) groups excluding carboxylic acids is 1. The molecule has 58 heavy (non-hydrogen) atoms. The highest BCUT2D eigenvalue weighted by molar-refractivity contribution is 6.43. The van der Waals surface area contributed by atoms with Crippen molar-refractivity contribution in [2.45, 2.75) is 99.3 Å². The number of hydrogen-bond donors (Lipinski definition) is 9. The molecule has 0 radical (unpaired) electrons. The number of aliphatic imine (C=N–C) groups is 2. The van der Waals surface area contributed by atoms with Gasteiger partial charge in [0.25, 0.3) is 5.91 Å². The molecule has 3 aromatic carbocycles. The van der Waals surface area contributed by atoms with Crippen molar-refractivity contribution in [2.24, 2.45) is 15.7 Å². The van der Waals surface area contributed by atoms with Crippen LogP contribution in [0.5, 0.6) is 17.2 Å². The van der Waals surface area contributed by atoms with Crippen LogP contribution in [0.1, 0.15) is 67.2 Å². The molecule has 9 atom stereocenters. The maximum atomic E-state index is 14.4. The van der Waals surface area contributed by atoms with E-state index in [1.54, 1.807) is 12.1 Å². The molecule has 1 saturated carbocycles. The fourth-order valence-electron chi connectivity index (χ4n) is 8.92. The van der Waals surface area contributed by atoms with Gasteiger partial charge in [-0.3, -0.25) is 19.7 Å². The molecule has 4 aliphatic rings. The predicted molar refractivity (Wildman–Crippen MR) is 211 cm³/mol. The zero-order valence-electron chi connectivity index (χ0n) is 31.8. The summed E-state index contributed by atoms with van der Waals surface area (Å²) in [5.41, 5.74) is 9.99. The van der Waals surface area contributed by atoms with Crippen LogP contribution in [-0.2, 0) is 26.2 Å². The van der Waals surface area contributed by atoms with E-state index < -0.39 is 77.7 Å². The van der Waals surface area contributed by atoms with E-state index in [4.69, 9.17) is 15.2 Å². The predicted octanol–water partition coefficient (Wildman–Crippen LogP) is 1.84. The summed E-state index contributed by atoms with van der Waals surface area (Å²) in [4.78, 5) is 37.7. The van der Waals surface area contributed by atoms with Crippen LogP contribution < -0.4 is 15.4 Å². The van der Waals surface area contributed by atoms with Crippen LogP contribution >= 0.6 is 0 Å². The third-order valence-corrected chi connectivity index (χ3v) is 12.0. The van der Waals surface area contributed by atoms with E-state index in [0.717, 1.165) is 34.4 Å². The summed E-state index contributed by atoms with van der Waals surface area (Å²) in [7, 11) is 0. The van der Waals surface area contributed by atoms with Gasteiger partial charge in [0.1, 0.15) is 36.8 Å². The van der Waals surface area contributed by atoms with Gasteiger partial charge in [0.05, 0.1) is 23.7 Å². The lowest BCUT2D eigenvalue weighted by Gasteiger charge is -2.44. The SMILES string of the molecule is CCC1=NCN=C1Cc1cc(C=CC(=O)N2c3cc(O[C@@]4(O)O[C@H](CO)[C@@H](O)[C@H](O)[C@H]4O)c(O)cc3[C@@H](C[C@@]3(c4ccccc4)CCC[C@H]3N)[C@@H]2C(=O)O)ccc1O. The quantitative estimate of drug-likeness (QED) is 0.0936. The Morgan fingerprint density at radius 1 is 1.02 bits per heavy atom. The van der Waals surface area contributed by atoms with E-state index in [9.17, 15) is 50.4 Å². The first-order chi connectivity index (χ1) is 27.7. The van der Waals surface area contributed by atoms with Gasteiger partial charge < -0.3 is 56.1 Å². The molecular weight excluding hydrogens is 752 g/mol. The molecule has 3 aromatic rings. The second-order valence-corrected chi connectivity index (χ2v) is 15.3. The largest absolute Gasteiger partial charge is 0.508 e. The average molecular weight is 801 g/mol. The van der Waals surface area contributed by atoms with Crippen molar-refractivity contribution >= 4 is 35.1 Å². The van der Waals surface area contributed by atoms with Gasteiger partial charge in [-0.1, -0.05) is 49.7 Å². The monoisotopic (exact) mass is 800 g/mol. The van der Waals surface area contributed by atoms with Crippen LogP contribution in [0.15, 0.2) is 76.7 Å². The molecule has 2 fully saturated rings. The van der Waals surface area contributed by atoms with Crippen LogP contribution in [0, 0.1) is 0 Å². The third kappa shape index (κ3) is 7.36. The lowest BCUT2D eigenvalue weighted by atomic mass is 9.68. The number of aliphatic carboxylic acids is 1. The fourth-order valence-corrected chi connectivity index (χ4v) is 8.92. The number of carboxylic acids is 1. The molecule has 7 rings (SSSR count). The highest BCUT2D eigenvalue weighted by Crippen LogP contribution is 2.54. The Kier molecular flexibility index (Phi) is 11.5. The summed E-state index contributed by atoms with van der Waals surface area (Å²) in [6.07, 6.45) is -1.82. The minimum Gasteiger partial charge on any atom is -0.508 e. The Morgan fingerprint density at radius 3 is 2.43 bits per heavy atom. The summed E-state index contributed by atoms with van der Waals surface area (Å²) < 4.78 is 10.8. The third-order valence-electron chi connectivity index (χ3n) is 12.0. The highest BCUT2D eigenvalue weighted by atomic mass is 16.8. The molecule has 0 unspecified atom stereocenters. The number of nitrogens with two attached hydrogens (primary N) is 1. The number of ether oxygens (including phenoxy) is 2. The number of phenols is 2. The molecule has 0 spiro atoms. The first-order valence-corrected chi connectivity index (χ1v) is 19.3. The Bertz CT molecular complexity index is 2140. The van der Waals surface area contributed by atoms with Crippen molar-refractivity contribution in [1.29, 1.82) is 0 Å². The molecule has 16 nitrogen and oxygen atoms in total. The topological polar surface area (TPSA) is 268 Å². The summed E-state index contributed by atoms with van der Waals surface area (Å²) in [5.74, 6) is -7.32. The van der Waals surface area contributed by atoms with Crippen LogP contribution in [-0.4, -0.2) is 120 Å². The molecule has 1 amide bonds. The van der Waals surface area contributed by atoms with Gasteiger partial charge in [-0.15, -0.1) is 0 Å². The van der Waals surface area contributed by atoms with Crippen molar-refractivity contribution in [3.8, 4) is 17.2 Å². The van der Waals surface area contributed by atoms with Crippen molar-refractivity contribution in [3.05, 3.63) is 89.0 Å². The molecule has 0 bridgehead atoms. The van der Waals surface area contributed by atoms with Gasteiger partial charge in [-0.05, 0) is 66.6 Å². The Balaban J connectivity index is 1.29. The summed E-state index contributed by atoms with van der Waals surface area (Å²) in [6, 6.07) is 14.8. The van der Waals surface area contributed by atoms with E-state index >= 15 is 0 Å². The standard InChI is InChI=1S/C42H48N4O12/c1-2-27-28(45-21-44-27)16-23-15-22(10-12-30(23)48)11-13-35(50)46-29-18-32(57-42(56)39(53)38(52)37(51)33(20-47)58-42)31(49)17-25(29)26(36(46)40(54)55)19-41(14-6-9-34(41)43)24-7-4-3-5-8-24/h3-5,7-8,10-13,15,17-18,26,33-34,36-39,47-49,51-53,56H,2,6,9,14,16,19-21,43H2,1H3,(H,54,55)/t26-,33-,34-,36-,37-,38+,39-,41-,42-/m1/s1. The number of benzene rings is 3. The Morgan fingerprint density at radius 2 is 1.76 bits per heavy atom. The molecular formula is C42H48N4O12. The molecule has 16 heteroatoms. The van der Waals surface area contributed by atoms with Gasteiger partial charge in [0.15, 0.2) is 17.6 Å². The van der Waals surface area contributed by atoms with Crippen LogP contribution in [0.3, 0.4) is 0 Å². The Labute approximate surface area is 333 Å². The lowest BCUT2D eigenvalue weighted by molar-refractivity contribution is -0.422. The first kappa shape index (κ1) is 41.0. The number of rotatable bonds is 12. The molecule has 0 aromatic heterocycles. The van der Waals surface area contributed by atoms with Gasteiger partial charge in [0.2, 0.25) is 0 Å². The number of carbonyl (C=O) groups is 2. The van der Waals surface area contributed by atoms with E-state index in [0.29, 0.717) is 43.5 Å². The maximum Gasteiger partial charge on any atom is 0.355 e. The second kappa shape index (κ2) is 16.2. The van der Waals surface area contributed by atoms with Gasteiger partial charge in [0, 0.05) is 41.5 Å². The fraction of sp³-hybridized carbons (Fsp3) is 0.429. The lowest BCUT2D eigenvalue weighted by Crippen LogP contribution is -2.67. The van der Waals surface area contributed by atoms with Crippen LogP contribution in [0.4, 0.5) is 5.69 Å². The smallest absolute Gasteiger partial charge is 0.355 e. The number of aliphatic hydroxyl groups is 5. The number of aromatic hydroxyl groups is 2. The van der Waals surface area contributed by atoms with Crippen molar-refractivity contribution in [2.75, 3.05) is 18.2 Å². The first-order valence-electron chi connectivity index (χ1n) is 19.3. The number of aliphatic hydroxyl groups excluding tert-OH is 4. The zero-order chi connectivity index (χ0) is 41.5. The molecule has 10 N–H and O–H groups in total. The number of nitrogens with zero attached hydrogens (tertiary/aromatic N) is 3. The van der Waals surface area contributed by atoms with Crippen LogP contribution in [0.25, 0.3) is 6.08 Å². The van der Waals surface area contributed by atoms with E-state index in [2.05, 4.69) is 9.98 Å². The summed E-state index contributed by atoms with van der Waals surface area (Å²) in [5, 5.41) is 85.3. The number of amides is 1. The molecule has 3 heterocycles. The number of carboxylic acid groups (broad SMARTS) is 1. The van der Waals surface area contributed by atoms with E-state index in [1.807, 2.05) is 37.3 Å². The summed E-state index contributed by atoms with van der Waals surface area (Å²) in [6.45, 7) is 1.40. The number of anilines is 1. The Hall–Kier alpha value is -5.20. The van der Waals surface area contributed by atoms with E-state index in [-0.39, 0.29) is 29.5 Å². The minimum atomic E-state index is -3.12. The normalized spacial score (nSPS) is 30.7. The molecule has 1 saturated heterocycles. The molecule has 1 aliphatic carbocycles. The number of phenolic OH excluding ortho intramolecular Hbond substituents is 2. The van der Waals surface area contributed by atoms with Crippen molar-refractivity contribution < 1.29 is 59.9 Å². The average Bonchev–Trinajstić information content (AvgIpc) is 3.91. The van der Waals surface area contributed by atoms with Gasteiger partial charge >= 0.3 is 11.9 Å². The minimum absolute atomic E-state index is 0.000145. The second-order valence-electron chi connectivity index (χ2n) is 15.3. The highest BCUT2D eigenvalue weighted by Gasteiger charge is 2.56. The molecule has 308 valence electrons. The van der Waals surface area contributed by atoms with Crippen molar-refractivity contribution in [1.82, 2.24) is 0 Å². The van der Waals surface area contributed by atoms with E-state index in [1.165, 1.54) is 24.3 Å². The van der Waals surface area contributed by atoms with Crippen LogP contribution in [0.2, 0.25) is 0 Å². The van der Waals surface area contributed by atoms with Gasteiger partial charge in [-0.2, -0.15) is 0 Å². The van der Waals surface area contributed by atoms with Crippen molar-refractivity contribution in [3.63, 3.8) is 0 Å². The maximum absolute atomic E-state index is 14.4. The summed E-state index contributed by atoms with van der Waals surface area (Å²) >= 11 is 0. The zero-order valence-corrected chi connectivity index (χ0v) is 31.8. The van der Waals surface area contributed by atoms with Gasteiger partial charge in [-0.25, -0.2) is 4.79 Å². The number of hydrogen-bond acceptors (Lipinski definition) is 14. The molecule has 3 aliphatic heterocycles. The number of fused-ring (bicyclic) bond motifs is 1.